The number of aromatic nitrogens is 1. The summed E-state index contributed by atoms with van der Waals surface area (Å²) in [6.07, 6.45) is 2.98. The number of nitrogens with one attached hydrogen (secondary N) is 1. The van der Waals surface area contributed by atoms with Gasteiger partial charge in [-0.15, -0.1) is 0 Å². The predicted octanol–water partition coefficient (Wildman–Crippen LogP) is 2.22. The molecule has 100 valence electrons. The quantitative estimate of drug-likeness (QED) is 0.476. The van der Waals surface area contributed by atoms with Crippen molar-refractivity contribution < 1.29 is 13.2 Å². The predicted molar refractivity (Wildman–Crippen MR) is 70.2 cm³/mol. The summed E-state index contributed by atoms with van der Waals surface area (Å²) < 4.78 is 30.9. The molecule has 0 bridgehead atoms. The molecule has 0 saturated heterocycles. The Morgan fingerprint density at radius 2 is 2.22 bits per heavy atom. The maximum Gasteiger partial charge on any atom is 0.242 e. The molecule has 1 rings (SSSR count). The maximum absolute atomic E-state index is 11.8. The van der Waals surface area contributed by atoms with Crippen LogP contribution < -0.4 is 4.72 Å². The van der Waals surface area contributed by atoms with Gasteiger partial charge in [-0.3, -0.25) is 0 Å². The van der Waals surface area contributed by atoms with Crippen LogP contribution in [0.5, 0.6) is 0 Å². The number of rotatable bonds is 7. The molecular formula is C10H12Cl2N2O3S. The van der Waals surface area contributed by atoms with Crippen LogP contribution in [0.15, 0.2) is 30.0 Å². The molecule has 0 fully saturated rings. The Kier molecular flexibility index (Phi) is 5.87. The minimum absolute atomic E-state index is 0.0264. The van der Waals surface area contributed by atoms with Crippen molar-refractivity contribution in [2.24, 2.45) is 0 Å². The van der Waals surface area contributed by atoms with Crippen LogP contribution in [0.3, 0.4) is 0 Å². The number of sulfonamides is 1. The van der Waals surface area contributed by atoms with Gasteiger partial charge in [-0.2, -0.15) is 0 Å². The first kappa shape index (κ1) is 15.2. The van der Waals surface area contributed by atoms with Gasteiger partial charge in [0.1, 0.15) is 10.0 Å². The summed E-state index contributed by atoms with van der Waals surface area (Å²) in [5.74, 6) is 0. The molecule has 0 saturated carbocycles. The van der Waals surface area contributed by atoms with Crippen LogP contribution in [-0.4, -0.2) is 26.6 Å². The van der Waals surface area contributed by atoms with Crippen molar-refractivity contribution in [3.63, 3.8) is 0 Å². The third kappa shape index (κ3) is 4.45. The van der Waals surface area contributed by atoms with E-state index in [2.05, 4.69) is 16.3 Å². The zero-order chi connectivity index (χ0) is 13.6. The first-order valence-electron chi connectivity index (χ1n) is 5.00. The van der Waals surface area contributed by atoms with Crippen LogP contribution in [0, 0.1) is 0 Å². The fourth-order valence-corrected chi connectivity index (χ4v) is 2.46. The molecule has 0 aliphatic carbocycles. The third-order valence-corrected chi connectivity index (χ3v) is 4.04. The molecular weight excluding hydrogens is 299 g/mol. The first-order chi connectivity index (χ1) is 8.47. The second-order valence-electron chi connectivity index (χ2n) is 3.23. The van der Waals surface area contributed by atoms with Gasteiger partial charge in [-0.05, 0) is 12.5 Å². The average molecular weight is 311 g/mol. The van der Waals surface area contributed by atoms with Crippen LogP contribution in [0.4, 0.5) is 0 Å². The number of pyridine rings is 1. The third-order valence-electron chi connectivity index (χ3n) is 1.93. The highest BCUT2D eigenvalue weighted by Crippen LogP contribution is 2.21. The van der Waals surface area contributed by atoms with Crippen molar-refractivity contribution in [3.05, 3.63) is 35.3 Å². The normalized spacial score (nSPS) is 11.2. The van der Waals surface area contributed by atoms with Crippen molar-refractivity contribution in [2.75, 3.05) is 13.2 Å². The Balaban J connectivity index is 2.62. The van der Waals surface area contributed by atoms with Crippen LogP contribution in [0.1, 0.15) is 6.42 Å². The minimum atomic E-state index is -3.62. The Bertz CT molecular complexity index is 520. The van der Waals surface area contributed by atoms with E-state index < -0.39 is 10.0 Å². The van der Waals surface area contributed by atoms with E-state index in [1.807, 2.05) is 0 Å². The van der Waals surface area contributed by atoms with Crippen LogP contribution in [-0.2, 0) is 14.8 Å². The molecule has 0 aliphatic heterocycles. The first-order valence-corrected chi connectivity index (χ1v) is 7.24. The molecule has 0 aliphatic rings. The molecule has 1 N–H and O–H groups in total. The van der Waals surface area contributed by atoms with E-state index in [1.165, 1.54) is 12.3 Å². The van der Waals surface area contributed by atoms with E-state index in [0.717, 1.165) is 6.20 Å². The Morgan fingerprint density at radius 3 is 2.83 bits per heavy atom. The van der Waals surface area contributed by atoms with E-state index in [9.17, 15) is 8.42 Å². The van der Waals surface area contributed by atoms with Gasteiger partial charge in [0.05, 0.1) is 17.9 Å². The zero-order valence-electron chi connectivity index (χ0n) is 9.40. The molecule has 1 aromatic rings. The number of nitrogens with zero attached hydrogens (tertiary/aromatic N) is 1. The van der Waals surface area contributed by atoms with Crippen molar-refractivity contribution in [2.45, 2.75) is 11.3 Å². The Hall–Kier alpha value is -0.820. The summed E-state index contributed by atoms with van der Waals surface area (Å²) in [4.78, 5) is 3.65. The largest absolute Gasteiger partial charge is 0.502 e. The lowest BCUT2D eigenvalue weighted by atomic mass is 10.5. The van der Waals surface area contributed by atoms with Gasteiger partial charge in [0, 0.05) is 12.7 Å². The van der Waals surface area contributed by atoms with Gasteiger partial charge in [0.25, 0.3) is 0 Å². The van der Waals surface area contributed by atoms with E-state index in [-0.39, 0.29) is 21.6 Å². The molecule has 0 aromatic carbocycles. The number of halogens is 2. The molecule has 1 aromatic heterocycles. The maximum atomic E-state index is 11.8. The van der Waals surface area contributed by atoms with E-state index in [1.54, 1.807) is 0 Å². The molecule has 8 heteroatoms. The van der Waals surface area contributed by atoms with Crippen molar-refractivity contribution in [1.82, 2.24) is 9.71 Å². The monoisotopic (exact) mass is 310 g/mol. The SMILES string of the molecule is C=COCCCNS(=O)(=O)c1cnc(Cl)c(Cl)c1. The van der Waals surface area contributed by atoms with Gasteiger partial charge in [-0.1, -0.05) is 29.8 Å². The molecule has 0 spiro atoms. The van der Waals surface area contributed by atoms with E-state index >= 15 is 0 Å². The van der Waals surface area contributed by atoms with Gasteiger partial charge < -0.3 is 4.74 Å². The smallest absolute Gasteiger partial charge is 0.242 e. The molecule has 0 atom stereocenters. The molecule has 5 nitrogen and oxygen atoms in total. The van der Waals surface area contributed by atoms with Crippen LogP contribution in [0.2, 0.25) is 10.2 Å². The fourth-order valence-electron chi connectivity index (χ4n) is 1.08. The average Bonchev–Trinajstić information content (AvgIpc) is 2.32. The van der Waals surface area contributed by atoms with Crippen molar-refractivity contribution in [1.29, 1.82) is 0 Å². The van der Waals surface area contributed by atoms with Gasteiger partial charge in [0.2, 0.25) is 10.0 Å². The molecule has 18 heavy (non-hydrogen) atoms. The van der Waals surface area contributed by atoms with Gasteiger partial charge in [-0.25, -0.2) is 18.1 Å². The van der Waals surface area contributed by atoms with Gasteiger partial charge >= 0.3 is 0 Å². The standard InChI is InChI=1S/C10H12Cl2N2O3S/c1-2-17-5-3-4-14-18(15,16)8-6-9(11)10(12)13-7-8/h2,6-7,14H,1,3-5H2. The highest BCUT2D eigenvalue weighted by molar-refractivity contribution is 7.89. The summed E-state index contributed by atoms with van der Waals surface area (Å²) in [6, 6.07) is 1.25. The molecule has 1 heterocycles. The van der Waals surface area contributed by atoms with E-state index in [4.69, 9.17) is 27.9 Å². The number of hydrogen-bond acceptors (Lipinski definition) is 4. The summed E-state index contributed by atoms with van der Waals surface area (Å²) in [6.45, 7) is 4.02. The summed E-state index contributed by atoms with van der Waals surface area (Å²) >= 11 is 11.3. The summed E-state index contributed by atoms with van der Waals surface area (Å²) in [7, 11) is -3.62. The Morgan fingerprint density at radius 1 is 1.50 bits per heavy atom. The van der Waals surface area contributed by atoms with Crippen molar-refractivity contribution >= 4 is 33.2 Å². The van der Waals surface area contributed by atoms with Crippen LogP contribution >= 0.6 is 23.2 Å². The summed E-state index contributed by atoms with van der Waals surface area (Å²) in [5, 5.41) is 0.157. The summed E-state index contributed by atoms with van der Waals surface area (Å²) in [5.41, 5.74) is 0. The lowest BCUT2D eigenvalue weighted by molar-refractivity contribution is 0.247. The highest BCUT2D eigenvalue weighted by atomic mass is 35.5. The second kappa shape index (κ2) is 6.94. The minimum Gasteiger partial charge on any atom is -0.502 e. The molecule has 0 amide bonds. The Labute approximate surface area is 116 Å². The lowest BCUT2D eigenvalue weighted by Crippen LogP contribution is -2.25. The van der Waals surface area contributed by atoms with Crippen molar-refractivity contribution in [3.8, 4) is 0 Å². The fraction of sp³-hybridized carbons (Fsp3) is 0.300. The highest BCUT2D eigenvalue weighted by Gasteiger charge is 2.15. The second-order valence-corrected chi connectivity index (χ2v) is 5.76. The molecule has 0 unspecified atom stereocenters. The van der Waals surface area contributed by atoms with Gasteiger partial charge in [0.15, 0.2) is 0 Å². The topological polar surface area (TPSA) is 68.3 Å². The number of ether oxygens (including phenoxy) is 1. The van der Waals surface area contributed by atoms with E-state index in [0.29, 0.717) is 13.0 Å². The molecule has 0 radical (unpaired) electrons. The lowest BCUT2D eigenvalue weighted by Gasteiger charge is -2.07. The zero-order valence-corrected chi connectivity index (χ0v) is 11.7. The van der Waals surface area contributed by atoms with Crippen LogP contribution in [0.25, 0.3) is 0 Å². The number of hydrogen-bond donors (Lipinski definition) is 1.